The van der Waals surface area contributed by atoms with Gasteiger partial charge in [0.2, 0.25) is 5.84 Å². The monoisotopic (exact) mass is 435 g/mol. The smallest absolute Gasteiger partial charge is 0.267 e. The third-order valence-electron chi connectivity index (χ3n) is 4.29. The van der Waals surface area contributed by atoms with E-state index in [4.69, 9.17) is 23.2 Å². The van der Waals surface area contributed by atoms with Crippen LogP contribution in [0, 0.1) is 6.92 Å². The normalized spacial score (nSPS) is 12.0. The average Bonchev–Trinajstić information content (AvgIpc) is 2.74. The topological polar surface area (TPSA) is 72.0 Å². The molecule has 4 aromatic rings. The average molecular weight is 436 g/mol. The Labute approximate surface area is 182 Å². The number of hydrogen-bond acceptors (Lipinski definition) is 4. The highest BCUT2D eigenvalue weighted by molar-refractivity contribution is 6.34. The maximum atomic E-state index is 13.0. The maximum Gasteiger partial charge on any atom is 0.282 e. The summed E-state index contributed by atoms with van der Waals surface area (Å²) in [6, 6.07) is 21.1. The molecule has 3 aromatic carbocycles. The third kappa shape index (κ3) is 4.15. The predicted octanol–water partition coefficient (Wildman–Crippen LogP) is 6.01. The fraction of sp³-hybridized carbons (Fsp3) is 0.0455. The van der Waals surface area contributed by atoms with Crippen LogP contribution >= 0.6 is 23.2 Å². The minimum atomic E-state index is -0.305. The van der Waals surface area contributed by atoms with Gasteiger partial charge in [-0.05, 0) is 49.4 Å². The van der Waals surface area contributed by atoms with Crippen LogP contribution in [0.5, 0.6) is 0 Å². The van der Waals surface area contributed by atoms with Crippen molar-refractivity contribution in [1.29, 1.82) is 0 Å². The van der Waals surface area contributed by atoms with E-state index >= 15 is 0 Å². The lowest BCUT2D eigenvalue weighted by atomic mass is 10.2. The molecule has 0 saturated heterocycles. The van der Waals surface area contributed by atoms with Crippen molar-refractivity contribution >= 4 is 45.6 Å². The van der Waals surface area contributed by atoms with Gasteiger partial charge in [-0.2, -0.15) is 4.68 Å². The van der Waals surface area contributed by atoms with Crippen molar-refractivity contribution in [3.8, 4) is 0 Å². The summed E-state index contributed by atoms with van der Waals surface area (Å²) < 4.78 is 1.21. The molecule has 0 radical (unpaired) electrons. The van der Waals surface area contributed by atoms with Gasteiger partial charge in [0.05, 0.1) is 21.6 Å². The number of aryl methyl sites for hydroxylation is 1. The molecule has 0 atom stereocenters. The van der Waals surface area contributed by atoms with Crippen molar-refractivity contribution in [2.75, 3.05) is 0 Å². The lowest BCUT2D eigenvalue weighted by molar-refractivity contribution is 0.764. The quantitative estimate of drug-likeness (QED) is 0.224. The Morgan fingerprint density at radius 1 is 0.967 bits per heavy atom. The highest BCUT2D eigenvalue weighted by Crippen LogP contribution is 2.21. The van der Waals surface area contributed by atoms with Gasteiger partial charge in [-0.1, -0.05) is 53.5 Å². The van der Waals surface area contributed by atoms with Gasteiger partial charge < -0.3 is 0 Å². The number of amidine groups is 1. The molecule has 0 unspecified atom stereocenters. The zero-order chi connectivity index (χ0) is 21.1. The molecular weight excluding hydrogens is 421 g/mol. The number of fused-ring (bicyclic) bond motifs is 1. The molecule has 0 aliphatic carbocycles. The molecular formula is C22H15Cl2N5O. The van der Waals surface area contributed by atoms with Crippen LogP contribution in [-0.4, -0.2) is 15.5 Å². The Morgan fingerprint density at radius 2 is 1.73 bits per heavy atom. The van der Waals surface area contributed by atoms with Gasteiger partial charge in [-0.25, -0.2) is 4.98 Å². The molecule has 6 nitrogen and oxygen atoms in total. The predicted molar refractivity (Wildman–Crippen MR) is 120 cm³/mol. The molecule has 8 heteroatoms. The lowest BCUT2D eigenvalue weighted by Gasteiger charge is -2.08. The van der Waals surface area contributed by atoms with Crippen LogP contribution in [0.1, 0.15) is 11.4 Å². The summed E-state index contributed by atoms with van der Waals surface area (Å²) in [4.78, 5) is 17.5. The van der Waals surface area contributed by atoms with Gasteiger partial charge in [0.25, 0.3) is 5.56 Å². The SMILES string of the molecule is Cc1nc2ccccc2c(=O)n1/N=C(\N=Nc1cccc(Cl)c1)c1ccccc1Cl. The second-order valence-corrected chi connectivity index (χ2v) is 7.22. The van der Waals surface area contributed by atoms with Crippen molar-refractivity contribution in [2.45, 2.75) is 6.92 Å². The van der Waals surface area contributed by atoms with Crippen LogP contribution in [0.3, 0.4) is 0 Å². The zero-order valence-electron chi connectivity index (χ0n) is 15.8. The number of azo groups is 1. The van der Waals surface area contributed by atoms with E-state index in [0.29, 0.717) is 38.0 Å². The molecule has 30 heavy (non-hydrogen) atoms. The highest BCUT2D eigenvalue weighted by atomic mass is 35.5. The first kappa shape index (κ1) is 19.9. The van der Waals surface area contributed by atoms with Crippen LogP contribution in [0.25, 0.3) is 10.9 Å². The van der Waals surface area contributed by atoms with Gasteiger partial charge >= 0.3 is 0 Å². The number of aromatic nitrogens is 2. The van der Waals surface area contributed by atoms with Gasteiger partial charge in [0.15, 0.2) is 0 Å². The number of benzene rings is 3. The molecule has 0 bridgehead atoms. The van der Waals surface area contributed by atoms with Crippen LogP contribution in [0.15, 0.2) is 92.9 Å². The first-order chi connectivity index (χ1) is 14.5. The number of para-hydroxylation sites is 1. The highest BCUT2D eigenvalue weighted by Gasteiger charge is 2.12. The van der Waals surface area contributed by atoms with Gasteiger partial charge in [0, 0.05) is 10.6 Å². The van der Waals surface area contributed by atoms with Crippen molar-refractivity contribution in [3.05, 3.63) is 105 Å². The molecule has 0 amide bonds. The van der Waals surface area contributed by atoms with Crippen molar-refractivity contribution in [3.63, 3.8) is 0 Å². The standard InChI is InChI=1S/C22H15Cl2N5O/c1-14-25-20-12-5-3-10-18(20)22(30)29(14)28-21(17-9-2-4-11-19(17)24)27-26-16-8-6-7-15(23)13-16/h2-13H,1H3/b27-26?,28-21-. The van der Waals surface area contributed by atoms with E-state index in [1.54, 1.807) is 73.7 Å². The lowest BCUT2D eigenvalue weighted by Crippen LogP contribution is -2.22. The minimum Gasteiger partial charge on any atom is -0.267 e. The molecule has 4 rings (SSSR count). The summed E-state index contributed by atoms with van der Waals surface area (Å²) in [5, 5.41) is 14.4. The minimum absolute atomic E-state index is 0.169. The van der Waals surface area contributed by atoms with E-state index in [1.165, 1.54) is 4.68 Å². The summed E-state index contributed by atoms with van der Waals surface area (Å²) in [5.41, 5.74) is 1.37. The van der Waals surface area contributed by atoms with E-state index in [0.717, 1.165) is 0 Å². The summed E-state index contributed by atoms with van der Waals surface area (Å²) in [6.45, 7) is 1.70. The summed E-state index contributed by atoms with van der Waals surface area (Å²) in [7, 11) is 0. The number of rotatable bonds is 3. The van der Waals surface area contributed by atoms with E-state index in [9.17, 15) is 4.79 Å². The number of nitrogens with zero attached hydrogens (tertiary/aromatic N) is 5. The van der Waals surface area contributed by atoms with Crippen LogP contribution in [0.4, 0.5) is 5.69 Å². The first-order valence-corrected chi connectivity index (χ1v) is 9.78. The van der Waals surface area contributed by atoms with E-state index < -0.39 is 0 Å². The Morgan fingerprint density at radius 3 is 2.53 bits per heavy atom. The van der Waals surface area contributed by atoms with Crippen molar-refractivity contribution in [1.82, 2.24) is 9.66 Å². The second kappa shape index (κ2) is 8.57. The number of halogens is 2. The van der Waals surface area contributed by atoms with Gasteiger partial charge in [-0.15, -0.1) is 15.3 Å². The van der Waals surface area contributed by atoms with Crippen LogP contribution < -0.4 is 5.56 Å². The molecule has 148 valence electrons. The maximum absolute atomic E-state index is 13.0. The fourth-order valence-electron chi connectivity index (χ4n) is 2.86. The Balaban J connectivity index is 1.90. The van der Waals surface area contributed by atoms with Crippen molar-refractivity contribution < 1.29 is 0 Å². The first-order valence-electron chi connectivity index (χ1n) is 9.02. The molecule has 0 N–H and O–H groups in total. The largest absolute Gasteiger partial charge is 0.282 e. The van der Waals surface area contributed by atoms with Gasteiger partial charge in [-0.3, -0.25) is 4.79 Å². The molecule has 0 saturated carbocycles. The molecule has 0 aliphatic heterocycles. The number of hydrogen-bond donors (Lipinski definition) is 0. The Hall–Kier alpha value is -3.35. The van der Waals surface area contributed by atoms with E-state index in [2.05, 4.69) is 20.3 Å². The Kier molecular flexibility index (Phi) is 5.70. The molecule has 0 spiro atoms. The van der Waals surface area contributed by atoms with Gasteiger partial charge in [0.1, 0.15) is 5.82 Å². The van der Waals surface area contributed by atoms with E-state index in [1.807, 2.05) is 6.07 Å². The molecule has 1 heterocycles. The molecule has 0 fully saturated rings. The summed E-state index contributed by atoms with van der Waals surface area (Å²) in [5.74, 6) is 0.587. The fourth-order valence-corrected chi connectivity index (χ4v) is 3.27. The third-order valence-corrected chi connectivity index (χ3v) is 4.86. The van der Waals surface area contributed by atoms with Crippen LogP contribution in [-0.2, 0) is 0 Å². The Bertz CT molecular complexity index is 1360. The zero-order valence-corrected chi connectivity index (χ0v) is 17.3. The summed E-state index contributed by atoms with van der Waals surface area (Å²) in [6.07, 6.45) is 0. The van der Waals surface area contributed by atoms with Crippen LogP contribution in [0.2, 0.25) is 10.0 Å². The molecule has 1 aromatic heterocycles. The summed E-state index contributed by atoms with van der Waals surface area (Å²) >= 11 is 12.4. The van der Waals surface area contributed by atoms with Crippen molar-refractivity contribution in [2.24, 2.45) is 15.3 Å². The molecule has 0 aliphatic rings. The van der Waals surface area contributed by atoms with E-state index in [-0.39, 0.29) is 11.4 Å². The second-order valence-electron chi connectivity index (χ2n) is 6.38.